The van der Waals surface area contributed by atoms with Crippen molar-refractivity contribution in [2.75, 3.05) is 19.0 Å². The van der Waals surface area contributed by atoms with E-state index in [9.17, 15) is 4.79 Å². The summed E-state index contributed by atoms with van der Waals surface area (Å²) < 4.78 is 0. The smallest absolute Gasteiger partial charge is 0.171 e. The van der Waals surface area contributed by atoms with Crippen LogP contribution in [-0.4, -0.2) is 29.8 Å². The molecule has 4 nitrogen and oxygen atoms in total. The number of para-hydroxylation sites is 1. The number of hydrogen-bond donors (Lipinski definition) is 0. The number of benzene rings is 1. The number of aromatic nitrogens is 2. The molecule has 2 aromatic heterocycles. The highest BCUT2D eigenvalue weighted by molar-refractivity contribution is 7.12. The van der Waals surface area contributed by atoms with Crippen molar-refractivity contribution >= 4 is 45.4 Å². The molecule has 0 bridgehead atoms. The standard InChI is InChI=1S/C11H13N3.C11H22.C6H5ClOS/c1-8-12-10-7-5-4-6-9(10)11(13-8)14(2)3;1-3-4-5-11-8-6-10(2)7-9-11;1-4(8)6-5(7)2-3-9-6/h4-7H,1-3H3;10-11H,3-9H2,1-2H3;2-3H,1H3. The Bertz CT molecular complexity index is 1020. The van der Waals surface area contributed by atoms with Crippen molar-refractivity contribution in [3.63, 3.8) is 0 Å². The van der Waals surface area contributed by atoms with E-state index in [4.69, 9.17) is 11.6 Å². The first kappa shape index (κ1) is 28.3. The predicted octanol–water partition coefficient (Wildman–Crippen LogP) is 8.61. The minimum absolute atomic E-state index is 0.0370. The fraction of sp³-hybridized carbons (Fsp3) is 0.536. The second-order valence-corrected chi connectivity index (χ2v) is 10.8. The fourth-order valence-corrected chi connectivity index (χ4v) is 5.26. The normalized spacial score (nSPS) is 17.3. The summed E-state index contributed by atoms with van der Waals surface area (Å²) in [5.41, 5.74) is 1.00. The van der Waals surface area contributed by atoms with E-state index in [-0.39, 0.29) is 5.78 Å². The van der Waals surface area contributed by atoms with Gasteiger partial charge in [0.05, 0.1) is 15.4 Å². The molecule has 4 rings (SSSR count). The van der Waals surface area contributed by atoms with Gasteiger partial charge in [-0.3, -0.25) is 4.79 Å². The second kappa shape index (κ2) is 14.4. The molecule has 0 N–H and O–H groups in total. The second-order valence-electron chi connectivity index (χ2n) is 9.43. The Morgan fingerprint density at radius 2 is 1.79 bits per heavy atom. The number of carbonyl (C=O) groups is 1. The van der Waals surface area contributed by atoms with Crippen molar-refractivity contribution in [3.05, 3.63) is 51.4 Å². The van der Waals surface area contributed by atoms with E-state index in [0.717, 1.165) is 34.4 Å². The first-order chi connectivity index (χ1) is 16.2. The van der Waals surface area contributed by atoms with Gasteiger partial charge < -0.3 is 4.90 Å². The molecule has 1 aliphatic rings. The van der Waals surface area contributed by atoms with E-state index in [1.165, 1.54) is 63.2 Å². The molecule has 3 aromatic rings. The molecule has 1 aromatic carbocycles. The van der Waals surface area contributed by atoms with Crippen LogP contribution in [0.4, 0.5) is 5.82 Å². The van der Waals surface area contributed by atoms with Gasteiger partial charge in [0, 0.05) is 26.4 Å². The number of fused-ring (bicyclic) bond motifs is 1. The first-order valence-corrected chi connectivity index (χ1v) is 13.6. The lowest BCUT2D eigenvalue weighted by molar-refractivity contribution is 0.102. The molecule has 0 atom stereocenters. The van der Waals surface area contributed by atoms with Crippen molar-refractivity contribution in [3.8, 4) is 0 Å². The molecular weight excluding hydrogens is 462 g/mol. The van der Waals surface area contributed by atoms with Crippen molar-refractivity contribution < 1.29 is 4.79 Å². The van der Waals surface area contributed by atoms with Crippen LogP contribution in [0.1, 0.15) is 81.2 Å². The molecule has 0 unspecified atom stereocenters. The summed E-state index contributed by atoms with van der Waals surface area (Å²) in [7, 11) is 3.99. The summed E-state index contributed by atoms with van der Waals surface area (Å²) in [4.78, 5) is 22.1. The van der Waals surface area contributed by atoms with Crippen LogP contribution in [0.15, 0.2) is 35.7 Å². The maximum atomic E-state index is 10.7. The van der Waals surface area contributed by atoms with Gasteiger partial charge >= 0.3 is 0 Å². The molecule has 1 fully saturated rings. The molecule has 2 heterocycles. The van der Waals surface area contributed by atoms with E-state index in [1.807, 2.05) is 50.2 Å². The van der Waals surface area contributed by atoms with Crippen LogP contribution < -0.4 is 4.90 Å². The third kappa shape index (κ3) is 8.99. The van der Waals surface area contributed by atoms with E-state index in [0.29, 0.717) is 9.90 Å². The Labute approximate surface area is 214 Å². The maximum Gasteiger partial charge on any atom is 0.171 e. The number of anilines is 1. The molecule has 0 spiro atoms. The van der Waals surface area contributed by atoms with E-state index < -0.39 is 0 Å². The fourth-order valence-electron chi connectivity index (χ4n) is 4.17. The van der Waals surface area contributed by atoms with E-state index in [1.54, 1.807) is 11.4 Å². The Balaban J connectivity index is 0.000000185. The molecule has 1 aliphatic carbocycles. The van der Waals surface area contributed by atoms with Crippen molar-refractivity contribution in [1.82, 2.24) is 9.97 Å². The Kier molecular flexibility index (Phi) is 12.0. The van der Waals surface area contributed by atoms with Gasteiger partial charge in [-0.05, 0) is 42.3 Å². The summed E-state index contributed by atoms with van der Waals surface area (Å²) in [5, 5.41) is 3.47. The van der Waals surface area contributed by atoms with Gasteiger partial charge in [0.25, 0.3) is 0 Å². The summed E-state index contributed by atoms with van der Waals surface area (Å²) in [6.07, 6.45) is 10.4. The average Bonchev–Trinajstić information content (AvgIpc) is 3.25. The SMILES string of the molecule is CC(=O)c1sccc1Cl.CCCCC1CCC(C)CC1.Cc1nc(N(C)C)c2ccccc2n1. The van der Waals surface area contributed by atoms with Gasteiger partial charge in [0.2, 0.25) is 0 Å². The van der Waals surface area contributed by atoms with E-state index in [2.05, 4.69) is 23.8 Å². The highest BCUT2D eigenvalue weighted by atomic mass is 35.5. The van der Waals surface area contributed by atoms with Crippen LogP contribution in [0.2, 0.25) is 5.02 Å². The topological polar surface area (TPSA) is 46.1 Å². The number of nitrogens with zero attached hydrogens (tertiary/aromatic N) is 3. The van der Waals surface area contributed by atoms with Crippen LogP contribution in [0.5, 0.6) is 0 Å². The van der Waals surface area contributed by atoms with Crippen LogP contribution in [0, 0.1) is 18.8 Å². The van der Waals surface area contributed by atoms with Gasteiger partial charge in [-0.1, -0.05) is 82.5 Å². The van der Waals surface area contributed by atoms with Crippen LogP contribution in [0.25, 0.3) is 10.9 Å². The Hall–Kier alpha value is -1.98. The largest absolute Gasteiger partial charge is 0.362 e. The molecule has 6 heteroatoms. The molecule has 186 valence electrons. The summed E-state index contributed by atoms with van der Waals surface area (Å²) >= 11 is 7.00. The molecule has 34 heavy (non-hydrogen) atoms. The monoisotopic (exact) mass is 501 g/mol. The van der Waals surface area contributed by atoms with Gasteiger partial charge in [-0.15, -0.1) is 11.3 Å². The number of thiophene rings is 1. The Morgan fingerprint density at radius 3 is 2.32 bits per heavy atom. The summed E-state index contributed by atoms with van der Waals surface area (Å²) in [5.74, 6) is 3.94. The number of halogens is 1. The first-order valence-electron chi connectivity index (χ1n) is 12.4. The van der Waals surface area contributed by atoms with Gasteiger partial charge in [0.15, 0.2) is 5.78 Å². The number of unbranched alkanes of at least 4 members (excludes halogenated alkanes) is 1. The Morgan fingerprint density at radius 1 is 1.12 bits per heavy atom. The lowest BCUT2D eigenvalue weighted by Crippen LogP contribution is -2.12. The molecule has 0 aliphatic heterocycles. The zero-order chi connectivity index (χ0) is 25.1. The van der Waals surface area contributed by atoms with Crippen molar-refractivity contribution in [1.29, 1.82) is 0 Å². The molecule has 0 radical (unpaired) electrons. The number of rotatable bonds is 5. The third-order valence-corrected chi connectivity index (χ3v) is 7.60. The molecule has 0 saturated heterocycles. The quantitative estimate of drug-likeness (QED) is 0.328. The maximum absolute atomic E-state index is 10.7. The zero-order valence-electron chi connectivity index (χ0n) is 21.6. The van der Waals surface area contributed by atoms with Crippen LogP contribution in [0.3, 0.4) is 0 Å². The molecule has 0 amide bonds. The summed E-state index contributed by atoms with van der Waals surface area (Å²) in [6, 6.07) is 9.78. The van der Waals surface area contributed by atoms with Crippen LogP contribution in [-0.2, 0) is 0 Å². The zero-order valence-corrected chi connectivity index (χ0v) is 23.2. The number of hydrogen-bond acceptors (Lipinski definition) is 5. The number of aryl methyl sites for hydroxylation is 1. The number of carbonyl (C=O) groups excluding carboxylic acids is 1. The van der Waals surface area contributed by atoms with Gasteiger partial charge in [-0.25, -0.2) is 9.97 Å². The number of ketones is 1. The van der Waals surface area contributed by atoms with Crippen molar-refractivity contribution in [2.45, 2.75) is 72.6 Å². The molecule has 1 saturated carbocycles. The lowest BCUT2D eigenvalue weighted by atomic mass is 9.81. The highest BCUT2D eigenvalue weighted by Gasteiger charge is 2.17. The van der Waals surface area contributed by atoms with Gasteiger partial charge in [0.1, 0.15) is 11.6 Å². The van der Waals surface area contributed by atoms with Crippen molar-refractivity contribution in [2.24, 2.45) is 11.8 Å². The third-order valence-electron chi connectivity index (χ3n) is 6.16. The van der Waals surface area contributed by atoms with Gasteiger partial charge in [-0.2, -0.15) is 0 Å². The van der Waals surface area contributed by atoms with E-state index >= 15 is 0 Å². The highest BCUT2D eigenvalue weighted by Crippen LogP contribution is 2.31. The van der Waals surface area contributed by atoms with Crippen LogP contribution >= 0.6 is 22.9 Å². The lowest BCUT2D eigenvalue weighted by Gasteiger charge is -2.25. The minimum atomic E-state index is 0.0370. The average molecular weight is 502 g/mol. The predicted molar refractivity (Wildman–Crippen MR) is 149 cm³/mol. The summed E-state index contributed by atoms with van der Waals surface area (Å²) in [6.45, 7) is 8.12. The minimum Gasteiger partial charge on any atom is -0.362 e. The number of Topliss-reactive ketones (excluding diaryl/α,β-unsaturated/α-hetero) is 1. The molecular formula is C28H40ClN3OS.